The Kier molecular flexibility index (Phi) is 4.22. The summed E-state index contributed by atoms with van der Waals surface area (Å²) in [6.45, 7) is 1.01. The Balaban J connectivity index is 1.44. The number of para-hydroxylation sites is 1. The molecule has 1 fully saturated rings. The molecule has 4 heterocycles. The van der Waals surface area contributed by atoms with Crippen molar-refractivity contribution < 1.29 is 8.42 Å². The van der Waals surface area contributed by atoms with Gasteiger partial charge < -0.3 is 4.98 Å². The van der Waals surface area contributed by atoms with Gasteiger partial charge in [-0.3, -0.25) is 0 Å². The lowest BCUT2D eigenvalue weighted by atomic mass is 9.99. The molecule has 0 bridgehead atoms. The van der Waals surface area contributed by atoms with Gasteiger partial charge in [0.1, 0.15) is 5.01 Å². The third-order valence-corrected chi connectivity index (χ3v) is 7.46. The van der Waals surface area contributed by atoms with Gasteiger partial charge in [-0.25, -0.2) is 12.7 Å². The number of aromatic amines is 1. The highest BCUT2D eigenvalue weighted by molar-refractivity contribution is 7.88. The number of hydrogen-bond donors (Lipinski definition) is 1. The average Bonchev–Trinajstić information content (AvgIpc) is 3.36. The number of fused-ring (bicyclic) bond motifs is 2. The van der Waals surface area contributed by atoms with E-state index in [1.807, 2.05) is 18.3 Å². The SMILES string of the molecule is CS(=O)(=O)N1CCCC(c2nnc3sc(Cc4c[nH]c5ccccc45)nn23)C1. The Labute approximate surface area is 166 Å². The number of sulfonamides is 1. The van der Waals surface area contributed by atoms with Crippen molar-refractivity contribution in [2.45, 2.75) is 25.2 Å². The van der Waals surface area contributed by atoms with Gasteiger partial charge in [-0.1, -0.05) is 29.5 Å². The summed E-state index contributed by atoms with van der Waals surface area (Å²) in [6, 6.07) is 8.22. The van der Waals surface area contributed by atoms with Crippen LogP contribution in [0.1, 0.15) is 35.2 Å². The molecule has 0 spiro atoms. The molecule has 0 saturated carbocycles. The summed E-state index contributed by atoms with van der Waals surface area (Å²) in [6.07, 6.45) is 5.72. The Hall–Kier alpha value is -2.30. The van der Waals surface area contributed by atoms with Crippen LogP contribution in [0.3, 0.4) is 0 Å². The monoisotopic (exact) mass is 416 g/mol. The number of hydrogen-bond acceptors (Lipinski definition) is 6. The second-order valence-electron chi connectivity index (χ2n) is 7.24. The molecule has 1 N–H and O–H groups in total. The molecule has 5 rings (SSSR count). The van der Waals surface area contributed by atoms with Gasteiger partial charge in [0, 0.05) is 42.5 Å². The lowest BCUT2D eigenvalue weighted by Gasteiger charge is -2.29. The Morgan fingerprint density at radius 2 is 2.14 bits per heavy atom. The Morgan fingerprint density at radius 1 is 1.29 bits per heavy atom. The van der Waals surface area contributed by atoms with Gasteiger partial charge in [0.25, 0.3) is 0 Å². The first kappa shape index (κ1) is 17.8. The fraction of sp³-hybridized carbons (Fsp3) is 0.389. The lowest BCUT2D eigenvalue weighted by molar-refractivity contribution is 0.309. The maximum Gasteiger partial charge on any atom is 0.234 e. The maximum atomic E-state index is 11.9. The fourth-order valence-corrected chi connectivity index (χ4v) is 5.67. The number of piperidine rings is 1. The first-order valence-electron chi connectivity index (χ1n) is 9.20. The highest BCUT2D eigenvalue weighted by atomic mass is 32.2. The van der Waals surface area contributed by atoms with E-state index >= 15 is 0 Å². The minimum Gasteiger partial charge on any atom is -0.361 e. The van der Waals surface area contributed by atoms with E-state index in [-0.39, 0.29) is 5.92 Å². The van der Waals surface area contributed by atoms with Crippen LogP contribution >= 0.6 is 11.3 Å². The fourth-order valence-electron chi connectivity index (χ4n) is 3.89. The van der Waals surface area contributed by atoms with Crippen LogP contribution in [0.2, 0.25) is 0 Å². The maximum absolute atomic E-state index is 11.9. The molecule has 8 nitrogen and oxygen atoms in total. The molecule has 0 amide bonds. The molecule has 1 atom stereocenters. The van der Waals surface area contributed by atoms with Crippen LogP contribution in [0.25, 0.3) is 15.9 Å². The van der Waals surface area contributed by atoms with Gasteiger partial charge >= 0.3 is 0 Å². The second-order valence-corrected chi connectivity index (χ2v) is 10.3. The molecule has 4 aromatic rings. The minimum atomic E-state index is -3.20. The smallest absolute Gasteiger partial charge is 0.234 e. The van der Waals surface area contributed by atoms with Crippen molar-refractivity contribution in [2.75, 3.05) is 19.3 Å². The molecule has 1 unspecified atom stereocenters. The Bertz CT molecular complexity index is 1260. The van der Waals surface area contributed by atoms with E-state index in [1.54, 1.807) is 4.52 Å². The summed E-state index contributed by atoms with van der Waals surface area (Å²) in [4.78, 5) is 4.05. The third-order valence-electron chi connectivity index (χ3n) is 5.29. The summed E-state index contributed by atoms with van der Waals surface area (Å²) < 4.78 is 27.2. The molecular formula is C18H20N6O2S2. The van der Waals surface area contributed by atoms with Crippen molar-refractivity contribution in [1.29, 1.82) is 0 Å². The first-order valence-corrected chi connectivity index (χ1v) is 11.9. The van der Waals surface area contributed by atoms with Crippen LogP contribution in [0, 0.1) is 0 Å². The van der Waals surface area contributed by atoms with Gasteiger partial charge in [0.05, 0.1) is 6.26 Å². The quantitative estimate of drug-likeness (QED) is 0.551. The molecule has 28 heavy (non-hydrogen) atoms. The molecule has 10 heteroatoms. The number of H-pyrrole nitrogens is 1. The molecule has 146 valence electrons. The van der Waals surface area contributed by atoms with Crippen molar-refractivity contribution in [3.63, 3.8) is 0 Å². The predicted molar refractivity (Wildman–Crippen MR) is 108 cm³/mol. The zero-order chi connectivity index (χ0) is 19.3. The molecule has 3 aromatic heterocycles. The van der Waals surface area contributed by atoms with Gasteiger partial charge in [0.2, 0.25) is 15.0 Å². The van der Waals surface area contributed by atoms with Crippen molar-refractivity contribution in [1.82, 2.24) is 29.1 Å². The van der Waals surface area contributed by atoms with E-state index in [2.05, 4.69) is 27.3 Å². The van der Waals surface area contributed by atoms with Gasteiger partial charge in [-0.05, 0) is 24.5 Å². The van der Waals surface area contributed by atoms with E-state index in [0.717, 1.165) is 40.6 Å². The van der Waals surface area contributed by atoms with Crippen LogP contribution in [0.5, 0.6) is 0 Å². The first-order chi connectivity index (χ1) is 13.5. The lowest BCUT2D eigenvalue weighted by Crippen LogP contribution is -2.38. The van der Waals surface area contributed by atoms with Crippen LogP contribution in [0.4, 0.5) is 0 Å². The standard InChI is InChI=1S/C18H20N6O2S2/c1-28(25,26)23-8-4-5-12(11-23)17-20-21-18-24(17)22-16(27-18)9-13-10-19-15-7-3-2-6-14(13)15/h2-3,6-7,10,12,19H,4-5,8-9,11H2,1H3. The molecular weight excluding hydrogens is 396 g/mol. The largest absolute Gasteiger partial charge is 0.361 e. The predicted octanol–water partition coefficient (Wildman–Crippen LogP) is 2.40. The summed E-state index contributed by atoms with van der Waals surface area (Å²) >= 11 is 1.53. The van der Waals surface area contributed by atoms with Crippen molar-refractivity contribution in [3.8, 4) is 0 Å². The number of aromatic nitrogens is 5. The summed E-state index contributed by atoms with van der Waals surface area (Å²) in [7, 11) is -3.20. The van der Waals surface area contributed by atoms with Crippen LogP contribution in [-0.4, -0.2) is 56.9 Å². The number of nitrogens with one attached hydrogen (secondary N) is 1. The van der Waals surface area contributed by atoms with Gasteiger partial charge in [-0.15, -0.1) is 10.2 Å². The summed E-state index contributed by atoms with van der Waals surface area (Å²) in [5, 5.41) is 15.5. The zero-order valence-corrected chi connectivity index (χ0v) is 17.0. The normalized spacial score (nSPS) is 19.0. The summed E-state index contributed by atoms with van der Waals surface area (Å²) in [5.74, 6) is 0.770. The van der Waals surface area contributed by atoms with Crippen molar-refractivity contribution in [2.24, 2.45) is 0 Å². The molecule has 0 aliphatic carbocycles. The van der Waals surface area contributed by atoms with Crippen molar-refractivity contribution >= 4 is 37.2 Å². The molecule has 1 aliphatic heterocycles. The van der Waals surface area contributed by atoms with E-state index < -0.39 is 10.0 Å². The van der Waals surface area contributed by atoms with E-state index in [4.69, 9.17) is 5.10 Å². The van der Waals surface area contributed by atoms with E-state index in [1.165, 1.54) is 32.8 Å². The van der Waals surface area contributed by atoms with Gasteiger partial charge in [-0.2, -0.15) is 9.61 Å². The number of benzene rings is 1. The van der Waals surface area contributed by atoms with Crippen LogP contribution in [-0.2, 0) is 16.4 Å². The average molecular weight is 417 g/mol. The zero-order valence-electron chi connectivity index (χ0n) is 15.4. The van der Waals surface area contributed by atoms with Crippen LogP contribution in [0.15, 0.2) is 30.5 Å². The third kappa shape index (κ3) is 3.11. The minimum absolute atomic E-state index is 0.0153. The molecule has 1 aliphatic rings. The summed E-state index contributed by atoms with van der Waals surface area (Å²) in [5.41, 5.74) is 2.31. The van der Waals surface area contributed by atoms with E-state index in [9.17, 15) is 8.42 Å². The molecule has 1 saturated heterocycles. The Morgan fingerprint density at radius 3 is 3.00 bits per heavy atom. The van der Waals surface area contributed by atoms with E-state index in [0.29, 0.717) is 13.1 Å². The van der Waals surface area contributed by atoms with Crippen molar-refractivity contribution in [3.05, 3.63) is 46.9 Å². The number of rotatable bonds is 4. The van der Waals surface area contributed by atoms with Crippen LogP contribution < -0.4 is 0 Å². The second kappa shape index (κ2) is 6.64. The number of nitrogens with zero attached hydrogens (tertiary/aromatic N) is 5. The highest BCUT2D eigenvalue weighted by Crippen LogP contribution is 2.29. The molecule has 1 aromatic carbocycles. The topological polar surface area (TPSA) is 96.2 Å². The van der Waals surface area contributed by atoms with Gasteiger partial charge in [0.15, 0.2) is 5.82 Å². The highest BCUT2D eigenvalue weighted by Gasteiger charge is 2.30. The molecule has 0 radical (unpaired) electrons.